The Balaban J connectivity index is 3.10. The number of primary amides is 1. The molecule has 1 aromatic carbocycles. The van der Waals surface area contributed by atoms with Gasteiger partial charge in [-0.2, -0.15) is 0 Å². The van der Waals surface area contributed by atoms with Gasteiger partial charge in [0.1, 0.15) is 5.54 Å². The fraction of sp³-hybridized carbons (Fsp3) is 0.462. The Morgan fingerprint density at radius 2 is 2.00 bits per heavy atom. The monoisotopic (exact) mass is 256 g/mol. The standard InChI is InChI=1S/C13H18F2N2O/c1-8(2)7-17-13(3,12(16)18)9-4-5-10(14)11(15)6-9/h4-6,8,17H,7H2,1-3H3,(H2,16,18). The van der Waals surface area contributed by atoms with Gasteiger partial charge in [-0.3, -0.25) is 10.1 Å². The Morgan fingerprint density at radius 3 is 2.44 bits per heavy atom. The summed E-state index contributed by atoms with van der Waals surface area (Å²) in [7, 11) is 0. The topological polar surface area (TPSA) is 55.1 Å². The summed E-state index contributed by atoms with van der Waals surface area (Å²) in [5, 5.41) is 2.99. The van der Waals surface area contributed by atoms with E-state index < -0.39 is 23.1 Å². The van der Waals surface area contributed by atoms with Crippen LogP contribution in [0.2, 0.25) is 0 Å². The van der Waals surface area contributed by atoms with Crippen LogP contribution in [0.5, 0.6) is 0 Å². The van der Waals surface area contributed by atoms with Gasteiger partial charge in [-0.15, -0.1) is 0 Å². The molecule has 0 saturated heterocycles. The number of nitrogens with one attached hydrogen (secondary N) is 1. The van der Waals surface area contributed by atoms with Gasteiger partial charge >= 0.3 is 0 Å². The van der Waals surface area contributed by atoms with E-state index >= 15 is 0 Å². The molecule has 0 aliphatic carbocycles. The molecule has 100 valence electrons. The molecule has 0 saturated carbocycles. The number of carbonyl (C=O) groups is 1. The summed E-state index contributed by atoms with van der Waals surface area (Å²) in [5.74, 6) is -2.27. The van der Waals surface area contributed by atoms with Crippen LogP contribution in [0.1, 0.15) is 26.3 Å². The molecule has 0 bridgehead atoms. The zero-order valence-electron chi connectivity index (χ0n) is 10.8. The van der Waals surface area contributed by atoms with E-state index in [1.807, 2.05) is 13.8 Å². The molecule has 1 rings (SSSR count). The number of hydrogen-bond acceptors (Lipinski definition) is 2. The largest absolute Gasteiger partial charge is 0.368 e. The highest BCUT2D eigenvalue weighted by Crippen LogP contribution is 2.22. The first kappa shape index (κ1) is 14.6. The Labute approximate surface area is 105 Å². The van der Waals surface area contributed by atoms with Crippen molar-refractivity contribution in [2.45, 2.75) is 26.3 Å². The summed E-state index contributed by atoms with van der Waals surface area (Å²) in [4.78, 5) is 11.6. The summed E-state index contributed by atoms with van der Waals surface area (Å²) in [6, 6.07) is 3.34. The highest BCUT2D eigenvalue weighted by Gasteiger charge is 2.33. The molecule has 18 heavy (non-hydrogen) atoms. The van der Waals surface area contributed by atoms with Crippen molar-refractivity contribution < 1.29 is 13.6 Å². The smallest absolute Gasteiger partial charge is 0.242 e. The van der Waals surface area contributed by atoms with Gasteiger partial charge in [-0.25, -0.2) is 8.78 Å². The summed E-state index contributed by atoms with van der Waals surface area (Å²) >= 11 is 0. The Hall–Kier alpha value is -1.49. The minimum Gasteiger partial charge on any atom is -0.368 e. The number of nitrogens with two attached hydrogens (primary N) is 1. The zero-order chi connectivity index (χ0) is 13.9. The molecular formula is C13H18F2N2O. The van der Waals surface area contributed by atoms with E-state index in [0.29, 0.717) is 18.0 Å². The second-order valence-electron chi connectivity index (χ2n) is 4.89. The van der Waals surface area contributed by atoms with Crippen LogP contribution in [-0.2, 0) is 10.3 Å². The summed E-state index contributed by atoms with van der Waals surface area (Å²) in [5.41, 5.74) is 4.46. The van der Waals surface area contributed by atoms with Gasteiger partial charge in [-0.05, 0) is 37.1 Å². The van der Waals surface area contributed by atoms with Gasteiger partial charge in [0.2, 0.25) is 5.91 Å². The number of benzene rings is 1. The van der Waals surface area contributed by atoms with Gasteiger partial charge in [0.15, 0.2) is 11.6 Å². The van der Waals surface area contributed by atoms with Crippen LogP contribution in [0.25, 0.3) is 0 Å². The molecule has 0 aliphatic heterocycles. The summed E-state index contributed by atoms with van der Waals surface area (Å²) < 4.78 is 26.1. The molecule has 3 N–H and O–H groups in total. The van der Waals surface area contributed by atoms with Crippen LogP contribution in [0.15, 0.2) is 18.2 Å². The third-order valence-corrected chi connectivity index (χ3v) is 2.85. The lowest BCUT2D eigenvalue weighted by Gasteiger charge is -2.29. The number of rotatable bonds is 5. The zero-order valence-corrected chi connectivity index (χ0v) is 10.8. The maximum Gasteiger partial charge on any atom is 0.242 e. The minimum atomic E-state index is -1.21. The normalized spacial score (nSPS) is 14.6. The van der Waals surface area contributed by atoms with Crippen molar-refractivity contribution in [1.82, 2.24) is 5.32 Å². The lowest BCUT2D eigenvalue weighted by Crippen LogP contribution is -2.51. The third kappa shape index (κ3) is 3.04. The molecule has 1 unspecified atom stereocenters. The first-order chi connectivity index (χ1) is 8.27. The van der Waals surface area contributed by atoms with E-state index in [4.69, 9.17) is 5.73 Å². The molecular weight excluding hydrogens is 238 g/mol. The fourth-order valence-corrected chi connectivity index (χ4v) is 1.55. The van der Waals surface area contributed by atoms with E-state index in [-0.39, 0.29) is 0 Å². The highest BCUT2D eigenvalue weighted by atomic mass is 19.2. The maximum atomic E-state index is 13.2. The van der Waals surface area contributed by atoms with Crippen molar-refractivity contribution in [3.63, 3.8) is 0 Å². The van der Waals surface area contributed by atoms with Crippen molar-refractivity contribution >= 4 is 5.91 Å². The van der Waals surface area contributed by atoms with Gasteiger partial charge in [0.25, 0.3) is 0 Å². The lowest BCUT2D eigenvalue weighted by molar-refractivity contribution is -0.124. The average molecular weight is 256 g/mol. The van der Waals surface area contributed by atoms with Gasteiger partial charge in [-0.1, -0.05) is 19.9 Å². The van der Waals surface area contributed by atoms with Gasteiger partial charge in [0.05, 0.1) is 0 Å². The number of amides is 1. The lowest BCUT2D eigenvalue weighted by atomic mass is 9.90. The van der Waals surface area contributed by atoms with E-state index in [2.05, 4.69) is 5.32 Å². The van der Waals surface area contributed by atoms with Gasteiger partial charge in [0, 0.05) is 0 Å². The van der Waals surface area contributed by atoms with Crippen molar-refractivity contribution in [3.8, 4) is 0 Å². The number of carbonyl (C=O) groups excluding carboxylic acids is 1. The molecule has 0 fully saturated rings. The fourth-order valence-electron chi connectivity index (χ4n) is 1.55. The molecule has 5 heteroatoms. The summed E-state index contributed by atoms with van der Waals surface area (Å²) in [6.45, 7) is 6.04. The second kappa shape index (κ2) is 5.44. The van der Waals surface area contributed by atoms with E-state index in [1.165, 1.54) is 6.07 Å². The first-order valence-corrected chi connectivity index (χ1v) is 5.78. The minimum absolute atomic E-state index is 0.300. The Morgan fingerprint density at radius 1 is 1.39 bits per heavy atom. The van der Waals surface area contributed by atoms with Crippen LogP contribution in [0.3, 0.4) is 0 Å². The maximum absolute atomic E-state index is 13.2. The molecule has 0 aromatic heterocycles. The second-order valence-corrected chi connectivity index (χ2v) is 4.89. The molecule has 3 nitrogen and oxygen atoms in total. The van der Waals surface area contributed by atoms with Crippen LogP contribution in [0.4, 0.5) is 8.78 Å². The quantitative estimate of drug-likeness (QED) is 0.845. The predicted molar refractivity (Wildman–Crippen MR) is 65.7 cm³/mol. The predicted octanol–water partition coefficient (Wildman–Crippen LogP) is 1.91. The van der Waals surface area contributed by atoms with Crippen LogP contribution >= 0.6 is 0 Å². The Kier molecular flexibility index (Phi) is 4.40. The number of hydrogen-bond donors (Lipinski definition) is 2. The molecule has 0 spiro atoms. The van der Waals surface area contributed by atoms with Crippen LogP contribution in [0, 0.1) is 17.6 Å². The van der Waals surface area contributed by atoms with Crippen molar-refractivity contribution in [2.24, 2.45) is 11.7 Å². The molecule has 1 atom stereocenters. The van der Waals surface area contributed by atoms with E-state index in [0.717, 1.165) is 12.1 Å². The molecule has 0 radical (unpaired) electrons. The highest BCUT2D eigenvalue weighted by molar-refractivity contribution is 5.85. The van der Waals surface area contributed by atoms with Crippen molar-refractivity contribution in [3.05, 3.63) is 35.4 Å². The van der Waals surface area contributed by atoms with Crippen LogP contribution in [-0.4, -0.2) is 12.5 Å². The summed E-state index contributed by atoms with van der Waals surface area (Å²) in [6.07, 6.45) is 0. The van der Waals surface area contributed by atoms with E-state index in [1.54, 1.807) is 6.92 Å². The van der Waals surface area contributed by atoms with Crippen LogP contribution < -0.4 is 11.1 Å². The first-order valence-electron chi connectivity index (χ1n) is 5.78. The van der Waals surface area contributed by atoms with Crippen molar-refractivity contribution in [2.75, 3.05) is 6.54 Å². The molecule has 1 amide bonds. The SMILES string of the molecule is CC(C)CNC(C)(C(N)=O)c1ccc(F)c(F)c1. The number of halogens is 2. The molecule has 0 aliphatic rings. The Bertz CT molecular complexity index is 449. The third-order valence-electron chi connectivity index (χ3n) is 2.85. The van der Waals surface area contributed by atoms with Gasteiger partial charge < -0.3 is 5.73 Å². The average Bonchev–Trinajstić information content (AvgIpc) is 2.29. The molecule has 0 heterocycles. The molecule has 1 aromatic rings. The van der Waals surface area contributed by atoms with Crippen molar-refractivity contribution in [1.29, 1.82) is 0 Å². The van der Waals surface area contributed by atoms with E-state index in [9.17, 15) is 13.6 Å².